The quantitative estimate of drug-likeness (QED) is 0.652. The smallest absolute Gasteiger partial charge is 0.259 e. The predicted octanol–water partition coefficient (Wildman–Crippen LogP) is 4.51. The summed E-state index contributed by atoms with van der Waals surface area (Å²) in [7, 11) is -3.86. The van der Waals surface area contributed by atoms with Crippen LogP contribution >= 0.6 is 34.5 Å². The van der Waals surface area contributed by atoms with Crippen molar-refractivity contribution in [1.29, 1.82) is 0 Å². The number of sulfonamides is 1. The van der Waals surface area contributed by atoms with E-state index < -0.39 is 15.9 Å². The Kier molecular flexibility index (Phi) is 6.12. The first-order valence-electron chi connectivity index (χ1n) is 8.43. The molecule has 27 heavy (non-hydrogen) atoms. The number of nitrogens with one attached hydrogen (secondary N) is 2. The van der Waals surface area contributed by atoms with Gasteiger partial charge in [-0.1, -0.05) is 37.0 Å². The number of hydrogen-bond acceptors (Lipinski definition) is 5. The van der Waals surface area contributed by atoms with Crippen molar-refractivity contribution in [3.8, 4) is 0 Å². The molecule has 0 radical (unpaired) electrons. The van der Waals surface area contributed by atoms with Crippen molar-refractivity contribution in [2.24, 2.45) is 5.92 Å². The lowest BCUT2D eigenvalue weighted by Crippen LogP contribution is -2.28. The molecule has 0 bridgehead atoms. The molecule has 146 valence electrons. The Morgan fingerprint density at radius 3 is 2.63 bits per heavy atom. The van der Waals surface area contributed by atoms with E-state index in [-0.39, 0.29) is 33.0 Å². The molecule has 0 aliphatic heterocycles. The lowest BCUT2D eigenvalue weighted by Gasteiger charge is -2.12. The van der Waals surface area contributed by atoms with E-state index in [0.717, 1.165) is 18.5 Å². The number of rotatable bonds is 7. The zero-order valence-corrected chi connectivity index (χ0v) is 17.9. The van der Waals surface area contributed by atoms with Crippen molar-refractivity contribution in [2.45, 2.75) is 37.5 Å². The predicted molar refractivity (Wildman–Crippen MR) is 109 cm³/mol. The number of carbonyl (C=O) groups is 1. The molecule has 6 nitrogen and oxygen atoms in total. The lowest BCUT2D eigenvalue weighted by molar-refractivity contribution is 0.102. The zero-order valence-electron chi connectivity index (χ0n) is 14.8. The summed E-state index contributed by atoms with van der Waals surface area (Å²) in [6.45, 7) is 4.02. The molecule has 1 aliphatic rings. The van der Waals surface area contributed by atoms with Crippen LogP contribution < -0.4 is 10.0 Å². The summed E-state index contributed by atoms with van der Waals surface area (Å²) in [4.78, 5) is 16.8. The van der Waals surface area contributed by atoms with E-state index in [1.807, 2.05) is 19.2 Å². The van der Waals surface area contributed by atoms with Gasteiger partial charge in [-0.05, 0) is 30.9 Å². The molecule has 0 atom stereocenters. The lowest BCUT2D eigenvalue weighted by atomic mass is 10.2. The van der Waals surface area contributed by atoms with Gasteiger partial charge in [0.05, 0.1) is 21.3 Å². The van der Waals surface area contributed by atoms with Crippen LogP contribution in [-0.4, -0.2) is 25.9 Å². The van der Waals surface area contributed by atoms with Crippen LogP contribution in [0.1, 0.15) is 48.7 Å². The van der Waals surface area contributed by atoms with E-state index in [1.54, 1.807) is 0 Å². The minimum Gasteiger partial charge on any atom is -0.298 e. The highest BCUT2D eigenvalue weighted by Crippen LogP contribution is 2.41. The fraction of sp³-hybridized carbons (Fsp3) is 0.412. The van der Waals surface area contributed by atoms with Crippen LogP contribution in [0.15, 0.2) is 22.4 Å². The van der Waals surface area contributed by atoms with Gasteiger partial charge in [-0.25, -0.2) is 18.1 Å². The van der Waals surface area contributed by atoms with Gasteiger partial charge in [-0.15, -0.1) is 11.3 Å². The number of nitrogens with zero attached hydrogens (tertiary/aromatic N) is 1. The van der Waals surface area contributed by atoms with Crippen LogP contribution in [-0.2, 0) is 10.0 Å². The van der Waals surface area contributed by atoms with Crippen LogP contribution in [0, 0.1) is 5.92 Å². The highest BCUT2D eigenvalue weighted by molar-refractivity contribution is 7.89. The fourth-order valence-electron chi connectivity index (χ4n) is 2.34. The number of anilines is 1. The summed E-state index contributed by atoms with van der Waals surface area (Å²) in [5.74, 6) is 0.0719. The summed E-state index contributed by atoms with van der Waals surface area (Å²) in [6, 6.07) is 2.46. The minimum absolute atomic E-state index is 0.0224. The van der Waals surface area contributed by atoms with Crippen LogP contribution in [0.4, 0.5) is 5.13 Å². The third-order valence-corrected chi connectivity index (χ3v) is 6.95. The molecule has 3 rings (SSSR count). The Bertz CT molecular complexity index is 970. The normalized spacial score (nSPS) is 14.6. The second kappa shape index (κ2) is 8.05. The van der Waals surface area contributed by atoms with Gasteiger partial charge in [0.2, 0.25) is 10.0 Å². The molecule has 0 spiro atoms. The summed E-state index contributed by atoms with van der Waals surface area (Å²) in [5, 5.41) is 5.07. The molecular weight excluding hydrogens is 429 g/mol. The molecule has 2 N–H and O–H groups in total. The van der Waals surface area contributed by atoms with Crippen LogP contribution in [0.5, 0.6) is 0 Å². The zero-order chi connectivity index (χ0) is 19.8. The molecular formula is C17H19Cl2N3O3S2. The third-order valence-electron chi connectivity index (χ3n) is 3.98. The van der Waals surface area contributed by atoms with Gasteiger partial charge in [0.15, 0.2) is 5.13 Å². The topological polar surface area (TPSA) is 88.2 Å². The van der Waals surface area contributed by atoms with Gasteiger partial charge in [0, 0.05) is 17.8 Å². The molecule has 1 fully saturated rings. The van der Waals surface area contributed by atoms with E-state index >= 15 is 0 Å². The molecule has 2 aromatic rings. The first-order chi connectivity index (χ1) is 12.7. The monoisotopic (exact) mass is 447 g/mol. The average molecular weight is 448 g/mol. The highest BCUT2D eigenvalue weighted by Gasteiger charge is 2.27. The Morgan fingerprint density at radius 2 is 2.00 bits per heavy atom. The number of amides is 1. The molecule has 1 saturated carbocycles. The van der Waals surface area contributed by atoms with Gasteiger partial charge in [0.25, 0.3) is 5.91 Å². The van der Waals surface area contributed by atoms with Crippen LogP contribution in [0.2, 0.25) is 10.0 Å². The molecule has 1 aromatic heterocycles. The van der Waals surface area contributed by atoms with Gasteiger partial charge < -0.3 is 0 Å². The number of thiazole rings is 1. The van der Waals surface area contributed by atoms with E-state index in [9.17, 15) is 13.2 Å². The number of benzene rings is 1. The Morgan fingerprint density at radius 1 is 1.30 bits per heavy atom. The third kappa shape index (κ3) is 5.00. The molecule has 0 saturated heterocycles. The minimum atomic E-state index is -3.86. The summed E-state index contributed by atoms with van der Waals surface area (Å²) >= 11 is 13.5. The molecule has 1 aromatic carbocycles. The number of halogens is 2. The van der Waals surface area contributed by atoms with Crippen molar-refractivity contribution in [1.82, 2.24) is 9.71 Å². The molecule has 10 heteroatoms. The maximum Gasteiger partial charge on any atom is 0.259 e. The first-order valence-corrected chi connectivity index (χ1v) is 11.5. The average Bonchev–Trinajstić information content (AvgIpc) is 3.33. The van der Waals surface area contributed by atoms with Crippen molar-refractivity contribution in [3.05, 3.63) is 38.8 Å². The Labute approximate surface area is 172 Å². The maximum atomic E-state index is 12.6. The van der Waals surface area contributed by atoms with E-state index in [1.165, 1.54) is 23.5 Å². The van der Waals surface area contributed by atoms with Gasteiger partial charge in [-0.3, -0.25) is 10.1 Å². The van der Waals surface area contributed by atoms with Gasteiger partial charge in [0.1, 0.15) is 4.90 Å². The molecule has 1 aliphatic carbocycles. The number of aromatic nitrogens is 1. The van der Waals surface area contributed by atoms with E-state index in [4.69, 9.17) is 23.2 Å². The van der Waals surface area contributed by atoms with Gasteiger partial charge >= 0.3 is 0 Å². The van der Waals surface area contributed by atoms with Crippen molar-refractivity contribution >= 4 is 55.6 Å². The Hall–Kier alpha value is -1.19. The largest absolute Gasteiger partial charge is 0.298 e. The summed E-state index contributed by atoms with van der Waals surface area (Å²) < 4.78 is 27.5. The highest BCUT2D eigenvalue weighted by atomic mass is 35.5. The van der Waals surface area contributed by atoms with Crippen molar-refractivity contribution < 1.29 is 13.2 Å². The van der Waals surface area contributed by atoms with E-state index in [0.29, 0.717) is 11.0 Å². The molecule has 1 heterocycles. The van der Waals surface area contributed by atoms with E-state index in [2.05, 4.69) is 15.0 Å². The summed E-state index contributed by atoms with van der Waals surface area (Å²) in [5.41, 5.74) is 0.993. The van der Waals surface area contributed by atoms with Crippen LogP contribution in [0.25, 0.3) is 0 Å². The standard InChI is InChI=1S/C17H19Cl2N3O3S2/c1-9(2)7-20-27(24,25)15-5-11(12(18)6-13(15)19)16(23)22-17-21-14(8-26-17)10-3-4-10/h5-6,8-10,20H,3-4,7H2,1-2H3,(H,21,22,23). The number of hydrogen-bond donors (Lipinski definition) is 2. The maximum absolute atomic E-state index is 12.6. The molecule has 0 unspecified atom stereocenters. The SMILES string of the molecule is CC(C)CNS(=O)(=O)c1cc(C(=O)Nc2nc(C3CC3)cs2)c(Cl)cc1Cl. The van der Waals surface area contributed by atoms with Crippen molar-refractivity contribution in [2.75, 3.05) is 11.9 Å². The first kappa shape index (κ1) is 20.5. The summed E-state index contributed by atoms with van der Waals surface area (Å²) in [6.07, 6.45) is 2.23. The fourth-order valence-corrected chi connectivity index (χ4v) is 5.20. The molecule has 1 amide bonds. The Balaban J connectivity index is 1.84. The van der Waals surface area contributed by atoms with Crippen LogP contribution in [0.3, 0.4) is 0 Å². The number of carbonyl (C=O) groups excluding carboxylic acids is 1. The van der Waals surface area contributed by atoms with Crippen molar-refractivity contribution in [3.63, 3.8) is 0 Å². The second-order valence-electron chi connectivity index (χ2n) is 6.81. The second-order valence-corrected chi connectivity index (χ2v) is 10.2. The van der Waals surface area contributed by atoms with Gasteiger partial charge in [-0.2, -0.15) is 0 Å².